The zero-order valence-corrected chi connectivity index (χ0v) is 17.4. The number of thioether (sulfide) groups is 1. The first-order valence-corrected chi connectivity index (χ1v) is 10.9. The molecule has 4 amide bonds. The van der Waals surface area contributed by atoms with Crippen LogP contribution < -0.4 is 10.6 Å². The molecule has 0 radical (unpaired) electrons. The van der Waals surface area contributed by atoms with Crippen LogP contribution in [0, 0.1) is 0 Å². The second kappa shape index (κ2) is 13.6. The summed E-state index contributed by atoms with van der Waals surface area (Å²) in [6.45, 7) is 0.487. The summed E-state index contributed by atoms with van der Waals surface area (Å²) in [5.41, 5.74) is 0. The van der Waals surface area contributed by atoms with Gasteiger partial charge in [-0.25, -0.2) is 0 Å². The third-order valence-corrected chi connectivity index (χ3v) is 5.91. The van der Waals surface area contributed by atoms with Crippen LogP contribution in [0.15, 0.2) is 0 Å². The van der Waals surface area contributed by atoms with E-state index in [1.807, 2.05) is 0 Å². The molecule has 0 aromatic heterocycles. The van der Waals surface area contributed by atoms with Crippen molar-refractivity contribution in [2.24, 2.45) is 0 Å². The van der Waals surface area contributed by atoms with Crippen molar-refractivity contribution in [2.75, 3.05) is 26.4 Å². The number of likely N-dealkylation sites (tertiary alicyclic amines) is 1. The fourth-order valence-corrected chi connectivity index (χ4v) is 4.03. The molecule has 2 N–H and O–H groups in total. The Bertz CT molecular complexity index is 513. The molecule has 0 spiro atoms. The van der Waals surface area contributed by atoms with E-state index in [2.05, 4.69) is 10.6 Å². The summed E-state index contributed by atoms with van der Waals surface area (Å²) >= 11 is 1.24. The van der Waals surface area contributed by atoms with E-state index in [0.29, 0.717) is 13.0 Å². The van der Waals surface area contributed by atoms with Crippen LogP contribution in [-0.2, 0) is 19.2 Å². The monoisotopic (exact) mass is 399 g/mol. The van der Waals surface area contributed by atoms with Crippen molar-refractivity contribution in [3.05, 3.63) is 0 Å². The van der Waals surface area contributed by atoms with Crippen LogP contribution >= 0.6 is 11.8 Å². The lowest BCUT2D eigenvalue weighted by molar-refractivity contribution is -0.138. The molecular weight excluding hydrogens is 366 g/mol. The molecule has 1 atom stereocenters. The van der Waals surface area contributed by atoms with Crippen molar-refractivity contribution in [1.82, 2.24) is 15.5 Å². The summed E-state index contributed by atoms with van der Waals surface area (Å²) < 4.78 is 0. The first-order chi connectivity index (χ1) is 13.0. The first-order valence-electron chi connectivity index (χ1n) is 9.86. The normalized spacial score (nSPS) is 16.7. The SMILES string of the molecule is CNC(=O)CCCCCCCCCCN1C(=O)CC(SCC(=O)NC)C1=O. The number of hydrogen-bond acceptors (Lipinski definition) is 5. The zero-order chi connectivity index (χ0) is 20.1. The van der Waals surface area contributed by atoms with Crippen molar-refractivity contribution in [1.29, 1.82) is 0 Å². The molecule has 1 heterocycles. The molecule has 1 aliphatic heterocycles. The van der Waals surface area contributed by atoms with Gasteiger partial charge in [0.2, 0.25) is 23.6 Å². The van der Waals surface area contributed by atoms with Crippen molar-refractivity contribution in [3.63, 3.8) is 0 Å². The third kappa shape index (κ3) is 9.26. The Kier molecular flexibility index (Phi) is 11.8. The summed E-state index contributed by atoms with van der Waals surface area (Å²) in [4.78, 5) is 48.0. The van der Waals surface area contributed by atoms with E-state index in [1.165, 1.54) is 16.7 Å². The maximum atomic E-state index is 12.3. The van der Waals surface area contributed by atoms with E-state index in [1.54, 1.807) is 14.1 Å². The summed E-state index contributed by atoms with van der Waals surface area (Å²) in [7, 11) is 3.22. The standard InChI is InChI=1S/C19H33N3O4S/c1-20-16(23)11-9-7-5-3-4-6-8-10-12-22-18(25)13-15(19(22)26)27-14-17(24)21-2/h15H,3-14H2,1-2H3,(H,20,23)(H,21,24). The molecule has 154 valence electrons. The Morgan fingerprint density at radius 3 is 2.07 bits per heavy atom. The van der Waals surface area contributed by atoms with Gasteiger partial charge in [-0.2, -0.15) is 0 Å². The molecular formula is C19H33N3O4S. The fraction of sp³-hybridized carbons (Fsp3) is 0.789. The molecule has 1 aliphatic rings. The highest BCUT2D eigenvalue weighted by atomic mass is 32.2. The maximum Gasteiger partial charge on any atom is 0.242 e. The number of carbonyl (C=O) groups excluding carboxylic acids is 4. The van der Waals surface area contributed by atoms with Gasteiger partial charge in [0.25, 0.3) is 0 Å². The molecule has 1 saturated heterocycles. The van der Waals surface area contributed by atoms with Crippen LogP contribution in [0.3, 0.4) is 0 Å². The average molecular weight is 400 g/mol. The van der Waals surface area contributed by atoms with Gasteiger partial charge < -0.3 is 10.6 Å². The number of nitrogens with one attached hydrogen (secondary N) is 2. The van der Waals surface area contributed by atoms with E-state index in [0.717, 1.165) is 51.4 Å². The Morgan fingerprint density at radius 1 is 0.926 bits per heavy atom. The first kappa shape index (κ1) is 23.5. The molecule has 7 nitrogen and oxygen atoms in total. The molecule has 0 aliphatic carbocycles. The lowest BCUT2D eigenvalue weighted by atomic mass is 10.1. The quantitative estimate of drug-likeness (QED) is 0.343. The van der Waals surface area contributed by atoms with Gasteiger partial charge >= 0.3 is 0 Å². The smallest absolute Gasteiger partial charge is 0.242 e. The second-order valence-corrected chi connectivity index (χ2v) is 8.00. The second-order valence-electron chi connectivity index (χ2n) is 6.81. The van der Waals surface area contributed by atoms with E-state index in [9.17, 15) is 19.2 Å². The number of hydrogen-bond donors (Lipinski definition) is 2. The van der Waals surface area contributed by atoms with Crippen molar-refractivity contribution in [3.8, 4) is 0 Å². The van der Waals surface area contributed by atoms with E-state index < -0.39 is 5.25 Å². The van der Waals surface area contributed by atoms with Crippen LogP contribution in [0.25, 0.3) is 0 Å². The van der Waals surface area contributed by atoms with Gasteiger partial charge in [-0.3, -0.25) is 24.1 Å². The molecule has 8 heteroatoms. The van der Waals surface area contributed by atoms with Crippen LogP contribution in [-0.4, -0.2) is 60.2 Å². The molecule has 0 aromatic carbocycles. The van der Waals surface area contributed by atoms with Crippen molar-refractivity contribution < 1.29 is 19.2 Å². The van der Waals surface area contributed by atoms with Gasteiger partial charge in [0.15, 0.2) is 0 Å². The minimum Gasteiger partial charge on any atom is -0.359 e. The summed E-state index contributed by atoms with van der Waals surface area (Å²) in [6, 6.07) is 0. The highest BCUT2D eigenvalue weighted by Crippen LogP contribution is 2.25. The minimum absolute atomic E-state index is 0.107. The average Bonchev–Trinajstić information content (AvgIpc) is 2.94. The van der Waals surface area contributed by atoms with Crippen molar-refractivity contribution in [2.45, 2.75) is 69.5 Å². The van der Waals surface area contributed by atoms with E-state index in [4.69, 9.17) is 0 Å². The van der Waals surface area contributed by atoms with Crippen LogP contribution in [0.4, 0.5) is 0 Å². The summed E-state index contributed by atoms with van der Waals surface area (Å²) in [5.74, 6) is -0.0879. The van der Waals surface area contributed by atoms with Gasteiger partial charge in [-0.1, -0.05) is 38.5 Å². The molecule has 0 saturated carbocycles. The van der Waals surface area contributed by atoms with E-state index >= 15 is 0 Å². The van der Waals surface area contributed by atoms with Gasteiger partial charge in [-0.15, -0.1) is 11.8 Å². The largest absolute Gasteiger partial charge is 0.359 e. The molecule has 27 heavy (non-hydrogen) atoms. The van der Waals surface area contributed by atoms with E-state index in [-0.39, 0.29) is 35.8 Å². The number of nitrogens with zero attached hydrogens (tertiary/aromatic N) is 1. The highest BCUT2D eigenvalue weighted by Gasteiger charge is 2.38. The van der Waals surface area contributed by atoms with Gasteiger partial charge in [0.05, 0.1) is 11.0 Å². The molecule has 1 unspecified atom stereocenters. The number of carbonyl (C=O) groups is 4. The molecule has 1 fully saturated rings. The van der Waals surface area contributed by atoms with Crippen LogP contribution in [0.2, 0.25) is 0 Å². The predicted octanol–water partition coefficient (Wildman–Crippen LogP) is 1.85. The van der Waals surface area contributed by atoms with Crippen LogP contribution in [0.1, 0.15) is 64.2 Å². The molecule has 0 bridgehead atoms. The number of imide groups is 1. The third-order valence-electron chi connectivity index (χ3n) is 4.71. The zero-order valence-electron chi connectivity index (χ0n) is 16.6. The fourth-order valence-electron chi connectivity index (χ4n) is 3.01. The summed E-state index contributed by atoms with van der Waals surface area (Å²) in [5, 5.41) is 4.73. The van der Waals surface area contributed by atoms with Crippen molar-refractivity contribution >= 4 is 35.4 Å². The van der Waals surface area contributed by atoms with Gasteiger partial charge in [-0.05, 0) is 12.8 Å². The van der Waals surface area contributed by atoms with Crippen LogP contribution in [0.5, 0.6) is 0 Å². The topological polar surface area (TPSA) is 95.6 Å². The van der Waals surface area contributed by atoms with Gasteiger partial charge in [0.1, 0.15) is 0 Å². The maximum absolute atomic E-state index is 12.3. The minimum atomic E-state index is -0.412. The molecule has 1 rings (SSSR count). The Hall–Kier alpha value is -1.57. The Balaban J connectivity index is 2.06. The van der Waals surface area contributed by atoms with Gasteiger partial charge in [0, 0.05) is 33.5 Å². The number of rotatable bonds is 14. The lowest BCUT2D eigenvalue weighted by Gasteiger charge is -2.14. The Morgan fingerprint density at radius 2 is 1.48 bits per heavy atom. The Labute approximate surface area is 166 Å². The predicted molar refractivity (Wildman–Crippen MR) is 107 cm³/mol. The number of unbranched alkanes of at least 4 members (excludes halogenated alkanes) is 7. The molecule has 0 aromatic rings. The lowest BCUT2D eigenvalue weighted by Crippen LogP contribution is -2.32. The number of amides is 4. The highest BCUT2D eigenvalue weighted by molar-refractivity contribution is 8.01. The summed E-state index contributed by atoms with van der Waals surface area (Å²) in [6.07, 6.45) is 9.22.